The van der Waals surface area contributed by atoms with E-state index < -0.39 is 0 Å². The molecule has 11 heavy (non-hydrogen) atoms. The van der Waals surface area contributed by atoms with Gasteiger partial charge in [-0.1, -0.05) is 0 Å². The van der Waals surface area contributed by atoms with Crippen LogP contribution < -0.4 is 5.73 Å². The van der Waals surface area contributed by atoms with Gasteiger partial charge in [0.25, 0.3) is 0 Å². The van der Waals surface area contributed by atoms with Crippen LogP contribution in [0.2, 0.25) is 0 Å². The fourth-order valence-electron chi connectivity index (χ4n) is 1.53. The molecule has 1 aliphatic heterocycles. The summed E-state index contributed by atoms with van der Waals surface area (Å²) in [6, 6.07) is 0.170. The van der Waals surface area contributed by atoms with Crippen molar-refractivity contribution in [1.29, 1.82) is 0 Å². The third kappa shape index (κ3) is 2.77. The zero-order valence-electron chi connectivity index (χ0n) is 6.83. The van der Waals surface area contributed by atoms with Crippen LogP contribution in [0, 0.1) is 5.92 Å². The van der Waals surface area contributed by atoms with Crippen LogP contribution in [0.5, 0.6) is 0 Å². The molecule has 1 atom stereocenters. The molecule has 3 N–H and O–H groups in total. The number of hydrogen-bond acceptors (Lipinski definition) is 3. The van der Waals surface area contributed by atoms with Gasteiger partial charge in [0.2, 0.25) is 0 Å². The van der Waals surface area contributed by atoms with Crippen LogP contribution in [0.1, 0.15) is 19.3 Å². The van der Waals surface area contributed by atoms with E-state index in [1.54, 1.807) is 0 Å². The lowest BCUT2D eigenvalue weighted by molar-refractivity contribution is 0.0553. The summed E-state index contributed by atoms with van der Waals surface area (Å²) in [6.07, 6.45) is 2.84. The predicted molar refractivity (Wildman–Crippen MR) is 43.2 cm³/mol. The summed E-state index contributed by atoms with van der Waals surface area (Å²) in [5, 5.41) is 8.66. The van der Waals surface area contributed by atoms with E-state index in [2.05, 4.69) is 0 Å². The summed E-state index contributed by atoms with van der Waals surface area (Å²) >= 11 is 0. The molecular formula is C8H17NO2. The van der Waals surface area contributed by atoms with Gasteiger partial charge in [0.05, 0.1) is 0 Å². The Bertz CT molecular complexity index is 102. The molecule has 1 fully saturated rings. The minimum atomic E-state index is 0.170. The lowest BCUT2D eigenvalue weighted by Crippen LogP contribution is -2.34. The summed E-state index contributed by atoms with van der Waals surface area (Å²) in [4.78, 5) is 0. The van der Waals surface area contributed by atoms with Gasteiger partial charge in [0.1, 0.15) is 0 Å². The molecule has 0 unspecified atom stereocenters. The maximum absolute atomic E-state index is 8.66. The number of ether oxygens (including phenoxy) is 1. The number of aliphatic hydroxyl groups is 1. The number of rotatable bonds is 3. The summed E-state index contributed by atoms with van der Waals surface area (Å²) in [5.41, 5.74) is 5.84. The fraction of sp³-hybridized carbons (Fsp3) is 1.00. The molecule has 0 aromatic rings. The Labute approximate surface area is 67.5 Å². The first-order valence-electron chi connectivity index (χ1n) is 4.28. The van der Waals surface area contributed by atoms with Crippen LogP contribution in [0.3, 0.4) is 0 Å². The van der Waals surface area contributed by atoms with Crippen LogP contribution in [0.15, 0.2) is 0 Å². The Kier molecular flexibility index (Phi) is 3.83. The summed E-state index contributed by atoms with van der Waals surface area (Å²) in [7, 11) is 0. The molecule has 0 aromatic carbocycles. The number of aliphatic hydroxyl groups excluding tert-OH is 1. The molecule has 66 valence electrons. The van der Waals surface area contributed by atoms with E-state index in [1.807, 2.05) is 0 Å². The monoisotopic (exact) mass is 159 g/mol. The molecule has 0 saturated carbocycles. The second-order valence-corrected chi connectivity index (χ2v) is 3.13. The average Bonchev–Trinajstić information content (AvgIpc) is 2.07. The third-order valence-electron chi connectivity index (χ3n) is 2.33. The topological polar surface area (TPSA) is 55.5 Å². The van der Waals surface area contributed by atoms with Crippen molar-refractivity contribution in [1.82, 2.24) is 0 Å². The largest absolute Gasteiger partial charge is 0.396 e. The van der Waals surface area contributed by atoms with Crippen LogP contribution in [-0.4, -0.2) is 31.0 Å². The molecule has 1 aliphatic rings. The van der Waals surface area contributed by atoms with Gasteiger partial charge >= 0.3 is 0 Å². The van der Waals surface area contributed by atoms with Crippen molar-refractivity contribution in [2.45, 2.75) is 25.3 Å². The van der Waals surface area contributed by atoms with Crippen LogP contribution in [-0.2, 0) is 4.74 Å². The molecule has 3 nitrogen and oxygen atoms in total. The first-order valence-corrected chi connectivity index (χ1v) is 4.28. The molecule has 3 heteroatoms. The Morgan fingerprint density at radius 2 is 2.09 bits per heavy atom. The molecule has 0 aromatic heterocycles. The second kappa shape index (κ2) is 4.70. The molecule has 0 aliphatic carbocycles. The summed E-state index contributed by atoms with van der Waals surface area (Å²) in [6.45, 7) is 1.88. The Balaban J connectivity index is 2.21. The second-order valence-electron chi connectivity index (χ2n) is 3.13. The van der Waals surface area contributed by atoms with Gasteiger partial charge in [-0.05, 0) is 25.2 Å². The number of hydrogen-bond donors (Lipinski definition) is 2. The highest BCUT2D eigenvalue weighted by molar-refractivity contribution is 4.74. The van der Waals surface area contributed by atoms with Crippen LogP contribution >= 0.6 is 0 Å². The van der Waals surface area contributed by atoms with Crippen molar-refractivity contribution in [3.63, 3.8) is 0 Å². The van der Waals surface area contributed by atoms with Gasteiger partial charge < -0.3 is 15.6 Å². The first-order chi connectivity index (χ1) is 5.34. The molecule has 0 bridgehead atoms. The highest BCUT2D eigenvalue weighted by Crippen LogP contribution is 2.18. The Hall–Kier alpha value is -0.120. The van der Waals surface area contributed by atoms with E-state index in [9.17, 15) is 0 Å². The smallest absolute Gasteiger partial charge is 0.0469 e. The highest BCUT2D eigenvalue weighted by atomic mass is 16.5. The molecule has 0 spiro atoms. The van der Waals surface area contributed by atoms with Gasteiger partial charge in [-0.25, -0.2) is 0 Å². The van der Waals surface area contributed by atoms with Crippen LogP contribution in [0.4, 0.5) is 0 Å². The van der Waals surface area contributed by atoms with E-state index >= 15 is 0 Å². The number of nitrogens with two attached hydrogens (primary N) is 1. The molecule has 1 saturated heterocycles. The summed E-state index contributed by atoms with van der Waals surface area (Å²) < 4.78 is 5.21. The third-order valence-corrected chi connectivity index (χ3v) is 2.33. The van der Waals surface area contributed by atoms with Crippen molar-refractivity contribution in [2.24, 2.45) is 11.7 Å². The molecule has 0 amide bonds. The van der Waals surface area contributed by atoms with Crippen molar-refractivity contribution in [3.8, 4) is 0 Å². The van der Waals surface area contributed by atoms with Crippen molar-refractivity contribution < 1.29 is 9.84 Å². The fourth-order valence-corrected chi connectivity index (χ4v) is 1.53. The summed E-state index contributed by atoms with van der Waals surface area (Å²) in [5.74, 6) is 0.566. The van der Waals surface area contributed by atoms with Crippen LogP contribution in [0.25, 0.3) is 0 Å². The minimum Gasteiger partial charge on any atom is -0.396 e. The Morgan fingerprint density at radius 1 is 1.45 bits per heavy atom. The maximum atomic E-state index is 8.66. The molecule has 0 radical (unpaired) electrons. The average molecular weight is 159 g/mol. The lowest BCUT2D eigenvalue weighted by atomic mass is 9.91. The standard InChI is InChI=1S/C8H17NO2/c9-8(1-4-10)7-2-5-11-6-3-7/h7-8,10H,1-6,9H2/t8-/m0/s1. The van der Waals surface area contributed by atoms with E-state index in [4.69, 9.17) is 15.6 Å². The molecule has 1 rings (SSSR count). The molecule has 1 heterocycles. The Morgan fingerprint density at radius 3 is 2.64 bits per heavy atom. The predicted octanol–water partition coefficient (Wildman–Crippen LogP) is 0.123. The first kappa shape index (κ1) is 8.97. The minimum absolute atomic E-state index is 0.170. The van der Waals surface area contributed by atoms with E-state index in [0.29, 0.717) is 5.92 Å². The lowest BCUT2D eigenvalue weighted by Gasteiger charge is -2.26. The zero-order chi connectivity index (χ0) is 8.10. The maximum Gasteiger partial charge on any atom is 0.0469 e. The van der Waals surface area contributed by atoms with Gasteiger partial charge in [0.15, 0.2) is 0 Å². The van der Waals surface area contributed by atoms with Gasteiger partial charge in [-0.15, -0.1) is 0 Å². The molecular weight excluding hydrogens is 142 g/mol. The van der Waals surface area contributed by atoms with Gasteiger partial charge in [-0.3, -0.25) is 0 Å². The highest BCUT2D eigenvalue weighted by Gasteiger charge is 2.19. The normalized spacial score (nSPS) is 23.5. The van der Waals surface area contributed by atoms with Crippen molar-refractivity contribution in [3.05, 3.63) is 0 Å². The van der Waals surface area contributed by atoms with E-state index in [0.717, 1.165) is 32.5 Å². The van der Waals surface area contributed by atoms with Crippen molar-refractivity contribution >= 4 is 0 Å². The van der Waals surface area contributed by atoms with Crippen molar-refractivity contribution in [2.75, 3.05) is 19.8 Å². The van der Waals surface area contributed by atoms with E-state index in [-0.39, 0.29) is 12.6 Å². The van der Waals surface area contributed by atoms with Gasteiger partial charge in [0, 0.05) is 25.9 Å². The van der Waals surface area contributed by atoms with Gasteiger partial charge in [-0.2, -0.15) is 0 Å². The van der Waals surface area contributed by atoms with E-state index in [1.165, 1.54) is 0 Å². The SMILES string of the molecule is N[C@@H](CCO)C1CCOCC1. The zero-order valence-corrected chi connectivity index (χ0v) is 6.83. The quantitative estimate of drug-likeness (QED) is 0.615.